The van der Waals surface area contributed by atoms with Gasteiger partial charge < -0.3 is 5.32 Å². The van der Waals surface area contributed by atoms with Crippen molar-refractivity contribution in [1.29, 1.82) is 0 Å². The molecule has 0 unspecified atom stereocenters. The second-order valence-electron chi connectivity index (χ2n) is 3.54. The SMILES string of the molecule is Cc1nc(NC2CCC2)ccc1Br. The first kappa shape index (κ1) is 9.00. The largest absolute Gasteiger partial charge is 0.367 e. The monoisotopic (exact) mass is 240 g/mol. The van der Waals surface area contributed by atoms with Gasteiger partial charge in [-0.25, -0.2) is 4.98 Å². The molecule has 2 nitrogen and oxygen atoms in total. The fourth-order valence-corrected chi connectivity index (χ4v) is 1.61. The van der Waals surface area contributed by atoms with Gasteiger partial charge in [-0.15, -0.1) is 0 Å². The average molecular weight is 241 g/mol. The van der Waals surface area contributed by atoms with E-state index in [0.717, 1.165) is 16.0 Å². The number of halogens is 1. The highest BCUT2D eigenvalue weighted by atomic mass is 79.9. The van der Waals surface area contributed by atoms with Gasteiger partial charge in [0.2, 0.25) is 0 Å². The Hall–Kier alpha value is -0.570. The van der Waals surface area contributed by atoms with Crippen LogP contribution in [0.3, 0.4) is 0 Å². The number of hydrogen-bond donors (Lipinski definition) is 1. The van der Waals surface area contributed by atoms with E-state index in [-0.39, 0.29) is 0 Å². The minimum atomic E-state index is 0.660. The molecule has 0 saturated heterocycles. The molecule has 1 aliphatic carbocycles. The number of pyridine rings is 1. The summed E-state index contributed by atoms with van der Waals surface area (Å²) in [6.07, 6.45) is 3.93. The van der Waals surface area contributed by atoms with Crippen LogP contribution in [0.1, 0.15) is 25.0 Å². The lowest BCUT2D eigenvalue weighted by atomic mass is 9.93. The van der Waals surface area contributed by atoms with Crippen LogP contribution in [0.5, 0.6) is 0 Å². The lowest BCUT2D eigenvalue weighted by Gasteiger charge is -2.27. The van der Waals surface area contributed by atoms with E-state index in [1.54, 1.807) is 0 Å². The number of aryl methyl sites for hydroxylation is 1. The smallest absolute Gasteiger partial charge is 0.126 e. The van der Waals surface area contributed by atoms with E-state index < -0.39 is 0 Å². The van der Waals surface area contributed by atoms with Crippen LogP contribution in [0.4, 0.5) is 5.82 Å². The fraction of sp³-hybridized carbons (Fsp3) is 0.500. The highest BCUT2D eigenvalue weighted by Gasteiger charge is 2.17. The number of hydrogen-bond acceptors (Lipinski definition) is 2. The molecule has 2 rings (SSSR count). The molecule has 1 saturated carbocycles. The van der Waals surface area contributed by atoms with E-state index >= 15 is 0 Å². The van der Waals surface area contributed by atoms with E-state index in [2.05, 4.69) is 26.2 Å². The van der Waals surface area contributed by atoms with Crippen LogP contribution in [-0.4, -0.2) is 11.0 Å². The molecule has 1 aromatic rings. The van der Waals surface area contributed by atoms with Crippen LogP contribution >= 0.6 is 15.9 Å². The topological polar surface area (TPSA) is 24.9 Å². The Morgan fingerprint density at radius 2 is 2.23 bits per heavy atom. The molecule has 0 radical (unpaired) electrons. The average Bonchev–Trinajstić information content (AvgIpc) is 2.04. The Balaban J connectivity index is 2.07. The van der Waals surface area contributed by atoms with Crippen molar-refractivity contribution in [3.05, 3.63) is 22.3 Å². The van der Waals surface area contributed by atoms with Crippen LogP contribution in [0.25, 0.3) is 0 Å². The molecule has 0 aromatic carbocycles. The van der Waals surface area contributed by atoms with E-state index in [9.17, 15) is 0 Å². The molecule has 1 N–H and O–H groups in total. The molecule has 13 heavy (non-hydrogen) atoms. The van der Waals surface area contributed by atoms with E-state index in [0.29, 0.717) is 6.04 Å². The maximum Gasteiger partial charge on any atom is 0.126 e. The van der Waals surface area contributed by atoms with Gasteiger partial charge in [0.15, 0.2) is 0 Å². The first-order chi connectivity index (χ1) is 6.25. The summed E-state index contributed by atoms with van der Waals surface area (Å²) in [6, 6.07) is 4.73. The highest BCUT2D eigenvalue weighted by molar-refractivity contribution is 9.10. The first-order valence-corrected chi connectivity index (χ1v) is 5.45. The Kier molecular flexibility index (Phi) is 2.54. The van der Waals surface area contributed by atoms with E-state index in [1.807, 2.05) is 19.1 Å². The van der Waals surface area contributed by atoms with Gasteiger partial charge >= 0.3 is 0 Å². The predicted octanol–water partition coefficient (Wildman–Crippen LogP) is 3.12. The van der Waals surface area contributed by atoms with Gasteiger partial charge in [-0.1, -0.05) is 0 Å². The number of rotatable bonds is 2. The van der Waals surface area contributed by atoms with Crippen molar-refractivity contribution in [2.24, 2.45) is 0 Å². The molecule has 1 aromatic heterocycles. The molecule has 3 heteroatoms. The summed E-state index contributed by atoms with van der Waals surface area (Å²) in [4.78, 5) is 4.44. The lowest BCUT2D eigenvalue weighted by molar-refractivity contribution is 0.444. The molecule has 70 valence electrons. The molecule has 1 aliphatic rings. The van der Waals surface area contributed by atoms with Crippen molar-refractivity contribution in [2.45, 2.75) is 32.2 Å². The summed E-state index contributed by atoms with van der Waals surface area (Å²) in [5.41, 5.74) is 1.05. The van der Waals surface area contributed by atoms with Crippen LogP contribution in [0.15, 0.2) is 16.6 Å². The highest BCUT2D eigenvalue weighted by Crippen LogP contribution is 2.23. The van der Waals surface area contributed by atoms with Gasteiger partial charge in [-0.05, 0) is 54.2 Å². The first-order valence-electron chi connectivity index (χ1n) is 4.65. The molecule has 0 spiro atoms. The number of aromatic nitrogens is 1. The second-order valence-corrected chi connectivity index (χ2v) is 4.39. The zero-order valence-electron chi connectivity index (χ0n) is 7.68. The number of nitrogens with one attached hydrogen (secondary N) is 1. The Bertz CT molecular complexity index is 308. The molecule has 0 amide bonds. The molecular weight excluding hydrogens is 228 g/mol. The van der Waals surface area contributed by atoms with Gasteiger partial charge in [-0.3, -0.25) is 0 Å². The molecule has 0 bridgehead atoms. The van der Waals surface area contributed by atoms with Gasteiger partial charge in [0.1, 0.15) is 5.82 Å². The summed E-state index contributed by atoms with van der Waals surface area (Å²) in [5, 5.41) is 3.41. The molecular formula is C10H13BrN2. The lowest BCUT2D eigenvalue weighted by Crippen LogP contribution is -2.27. The zero-order valence-corrected chi connectivity index (χ0v) is 9.26. The fourth-order valence-electron chi connectivity index (χ4n) is 1.39. The van der Waals surface area contributed by atoms with Gasteiger partial charge in [0, 0.05) is 10.5 Å². The summed E-state index contributed by atoms with van der Waals surface area (Å²) in [5.74, 6) is 1.01. The molecule has 0 aliphatic heterocycles. The van der Waals surface area contributed by atoms with Crippen molar-refractivity contribution in [3.63, 3.8) is 0 Å². The third-order valence-electron chi connectivity index (χ3n) is 2.48. The quantitative estimate of drug-likeness (QED) is 0.860. The van der Waals surface area contributed by atoms with Crippen molar-refractivity contribution >= 4 is 21.7 Å². The van der Waals surface area contributed by atoms with Crippen molar-refractivity contribution in [2.75, 3.05) is 5.32 Å². The van der Waals surface area contributed by atoms with Gasteiger partial charge in [0.05, 0.1) is 5.69 Å². The van der Waals surface area contributed by atoms with Crippen molar-refractivity contribution in [3.8, 4) is 0 Å². The predicted molar refractivity (Wildman–Crippen MR) is 57.9 cm³/mol. The Morgan fingerprint density at radius 3 is 2.77 bits per heavy atom. The maximum atomic E-state index is 4.44. The van der Waals surface area contributed by atoms with E-state index in [1.165, 1.54) is 19.3 Å². The van der Waals surface area contributed by atoms with Gasteiger partial charge in [-0.2, -0.15) is 0 Å². The van der Waals surface area contributed by atoms with Crippen LogP contribution in [0.2, 0.25) is 0 Å². The number of nitrogens with zero attached hydrogens (tertiary/aromatic N) is 1. The Labute approximate surface area is 86.9 Å². The summed E-state index contributed by atoms with van der Waals surface area (Å²) < 4.78 is 1.08. The van der Waals surface area contributed by atoms with E-state index in [4.69, 9.17) is 0 Å². The van der Waals surface area contributed by atoms with Gasteiger partial charge in [0.25, 0.3) is 0 Å². The zero-order chi connectivity index (χ0) is 9.26. The summed E-state index contributed by atoms with van der Waals surface area (Å²) in [7, 11) is 0. The normalized spacial score (nSPS) is 16.8. The second kappa shape index (κ2) is 3.66. The minimum Gasteiger partial charge on any atom is -0.367 e. The van der Waals surface area contributed by atoms with Crippen molar-refractivity contribution in [1.82, 2.24) is 4.98 Å². The Morgan fingerprint density at radius 1 is 1.46 bits per heavy atom. The van der Waals surface area contributed by atoms with Crippen LogP contribution in [-0.2, 0) is 0 Å². The maximum absolute atomic E-state index is 4.44. The number of anilines is 1. The molecule has 1 heterocycles. The van der Waals surface area contributed by atoms with Crippen molar-refractivity contribution < 1.29 is 0 Å². The summed E-state index contributed by atoms with van der Waals surface area (Å²) in [6.45, 7) is 2.01. The third-order valence-corrected chi connectivity index (χ3v) is 3.32. The summed E-state index contributed by atoms with van der Waals surface area (Å²) >= 11 is 3.44. The minimum absolute atomic E-state index is 0.660. The standard InChI is InChI=1S/C10H13BrN2/c1-7-9(11)5-6-10(12-7)13-8-3-2-4-8/h5-6,8H,2-4H2,1H3,(H,12,13). The van der Waals surface area contributed by atoms with Crippen LogP contribution < -0.4 is 5.32 Å². The molecule has 0 atom stereocenters. The third kappa shape index (κ3) is 2.02. The molecule has 1 fully saturated rings. The van der Waals surface area contributed by atoms with Crippen LogP contribution in [0, 0.1) is 6.92 Å².